The maximum absolute atomic E-state index is 12.4. The van der Waals surface area contributed by atoms with Gasteiger partial charge in [-0.25, -0.2) is 9.78 Å². The molecule has 0 saturated carbocycles. The maximum Gasteiger partial charge on any atom is 0.410 e. The summed E-state index contributed by atoms with van der Waals surface area (Å²) in [5.41, 5.74) is -0.213. The highest BCUT2D eigenvalue weighted by molar-refractivity contribution is 5.92. The van der Waals surface area contributed by atoms with Crippen LogP contribution in [0.15, 0.2) is 18.6 Å². The first kappa shape index (κ1) is 17.2. The molecule has 7 nitrogen and oxygen atoms in total. The number of aromatic nitrogens is 2. The molecule has 7 heteroatoms. The van der Waals surface area contributed by atoms with Crippen LogP contribution in [0.4, 0.5) is 4.79 Å². The summed E-state index contributed by atoms with van der Waals surface area (Å²) in [5.74, 6) is -0.186. The molecule has 0 bridgehead atoms. The van der Waals surface area contributed by atoms with Crippen molar-refractivity contribution in [3.05, 3.63) is 24.3 Å². The molecule has 1 aliphatic rings. The van der Waals surface area contributed by atoms with Gasteiger partial charge in [-0.05, 0) is 33.6 Å². The molecule has 2 rings (SSSR count). The van der Waals surface area contributed by atoms with Crippen molar-refractivity contribution in [2.45, 2.75) is 45.3 Å². The molecule has 1 fully saturated rings. The number of likely N-dealkylation sites (N-methyl/N-ethyl adjacent to an activating group) is 1. The Morgan fingerprint density at radius 1 is 1.35 bits per heavy atom. The molecule has 2 heterocycles. The molecule has 0 aromatic carbocycles. The lowest BCUT2D eigenvalue weighted by molar-refractivity contribution is 0.0122. The predicted molar refractivity (Wildman–Crippen MR) is 85.0 cm³/mol. The van der Waals surface area contributed by atoms with Gasteiger partial charge in [0.05, 0.1) is 6.20 Å². The quantitative estimate of drug-likeness (QED) is 0.832. The van der Waals surface area contributed by atoms with Gasteiger partial charge in [-0.2, -0.15) is 0 Å². The van der Waals surface area contributed by atoms with Crippen LogP contribution in [0.25, 0.3) is 0 Å². The van der Waals surface area contributed by atoms with E-state index in [0.29, 0.717) is 18.8 Å². The van der Waals surface area contributed by atoms with Crippen molar-refractivity contribution in [1.29, 1.82) is 0 Å². The average Bonchev–Trinajstić information content (AvgIpc) is 2.53. The molecule has 126 valence electrons. The van der Waals surface area contributed by atoms with Crippen molar-refractivity contribution >= 4 is 12.0 Å². The van der Waals surface area contributed by atoms with Gasteiger partial charge in [0, 0.05) is 38.6 Å². The first-order valence-electron chi connectivity index (χ1n) is 7.79. The van der Waals surface area contributed by atoms with E-state index < -0.39 is 5.60 Å². The number of carbonyl (C=O) groups excluding carboxylic acids is 2. The van der Waals surface area contributed by atoms with Crippen molar-refractivity contribution < 1.29 is 14.3 Å². The zero-order valence-electron chi connectivity index (χ0n) is 14.2. The fourth-order valence-electron chi connectivity index (χ4n) is 2.52. The summed E-state index contributed by atoms with van der Waals surface area (Å²) < 4.78 is 5.41. The summed E-state index contributed by atoms with van der Waals surface area (Å²) >= 11 is 0. The highest BCUT2D eigenvalue weighted by Gasteiger charge is 2.31. The van der Waals surface area contributed by atoms with Gasteiger partial charge in [0.15, 0.2) is 0 Å². The van der Waals surface area contributed by atoms with E-state index in [0.717, 1.165) is 12.8 Å². The number of rotatable bonds is 2. The maximum atomic E-state index is 12.4. The molecule has 1 aromatic heterocycles. The molecule has 1 atom stereocenters. The Hall–Kier alpha value is -2.18. The van der Waals surface area contributed by atoms with Gasteiger partial charge in [-0.15, -0.1) is 0 Å². The van der Waals surface area contributed by atoms with Crippen LogP contribution < -0.4 is 0 Å². The highest BCUT2D eigenvalue weighted by Crippen LogP contribution is 2.19. The van der Waals surface area contributed by atoms with Crippen molar-refractivity contribution in [3.63, 3.8) is 0 Å². The second-order valence-corrected chi connectivity index (χ2v) is 6.73. The van der Waals surface area contributed by atoms with Crippen LogP contribution in [0, 0.1) is 0 Å². The van der Waals surface area contributed by atoms with E-state index in [1.807, 2.05) is 20.8 Å². The summed E-state index contributed by atoms with van der Waals surface area (Å²) in [5, 5.41) is 0. The zero-order chi connectivity index (χ0) is 17.0. The smallest absolute Gasteiger partial charge is 0.410 e. The lowest BCUT2D eigenvalue weighted by atomic mass is 10.0. The first-order chi connectivity index (χ1) is 10.8. The van der Waals surface area contributed by atoms with E-state index in [4.69, 9.17) is 4.74 Å². The van der Waals surface area contributed by atoms with Gasteiger partial charge in [-0.3, -0.25) is 9.78 Å². The second-order valence-electron chi connectivity index (χ2n) is 6.73. The highest BCUT2D eigenvalue weighted by atomic mass is 16.6. The molecule has 1 aliphatic heterocycles. The Morgan fingerprint density at radius 2 is 2.09 bits per heavy atom. The number of hydrogen-bond acceptors (Lipinski definition) is 5. The summed E-state index contributed by atoms with van der Waals surface area (Å²) in [6, 6.07) is -0.0502. The van der Waals surface area contributed by atoms with Crippen molar-refractivity contribution in [3.8, 4) is 0 Å². The molecule has 23 heavy (non-hydrogen) atoms. The fourth-order valence-corrected chi connectivity index (χ4v) is 2.52. The standard InChI is InChI=1S/C16H24N4O3/c1-16(2,3)23-15(22)20-9-5-6-12(11-20)19(4)14(21)13-10-17-7-8-18-13/h7-8,10,12H,5-6,9,11H2,1-4H3. The van der Waals surface area contributed by atoms with Crippen LogP contribution >= 0.6 is 0 Å². The van der Waals surface area contributed by atoms with E-state index in [9.17, 15) is 9.59 Å². The summed E-state index contributed by atoms with van der Waals surface area (Å²) in [7, 11) is 1.74. The Kier molecular flexibility index (Phi) is 5.18. The SMILES string of the molecule is CN(C(=O)c1cnccn1)C1CCCN(C(=O)OC(C)(C)C)C1. The van der Waals surface area contributed by atoms with Crippen molar-refractivity contribution in [2.24, 2.45) is 0 Å². The molecule has 0 radical (unpaired) electrons. The van der Waals surface area contributed by atoms with Crippen LogP contribution in [0.2, 0.25) is 0 Å². The van der Waals surface area contributed by atoms with Gasteiger partial charge in [0.1, 0.15) is 11.3 Å². The van der Waals surface area contributed by atoms with Crippen LogP contribution in [0.1, 0.15) is 44.1 Å². The monoisotopic (exact) mass is 320 g/mol. The minimum absolute atomic E-state index is 0.0502. The number of amides is 2. The first-order valence-corrected chi connectivity index (χ1v) is 7.79. The van der Waals surface area contributed by atoms with Crippen LogP contribution in [0.3, 0.4) is 0 Å². The molecular formula is C16H24N4O3. The van der Waals surface area contributed by atoms with E-state index in [2.05, 4.69) is 9.97 Å². The van der Waals surface area contributed by atoms with E-state index in [-0.39, 0.29) is 18.0 Å². The van der Waals surface area contributed by atoms with E-state index >= 15 is 0 Å². The Balaban J connectivity index is 2.00. The molecule has 1 saturated heterocycles. The zero-order valence-corrected chi connectivity index (χ0v) is 14.2. The average molecular weight is 320 g/mol. The molecule has 1 aromatic rings. The second kappa shape index (κ2) is 6.93. The Labute approximate surface area is 136 Å². The molecular weight excluding hydrogens is 296 g/mol. The van der Waals surface area contributed by atoms with Gasteiger partial charge in [-0.1, -0.05) is 0 Å². The van der Waals surface area contributed by atoms with E-state index in [1.54, 1.807) is 16.8 Å². The predicted octanol–water partition coefficient (Wildman–Crippen LogP) is 1.95. The fraction of sp³-hybridized carbons (Fsp3) is 0.625. The van der Waals surface area contributed by atoms with Gasteiger partial charge < -0.3 is 14.5 Å². The van der Waals surface area contributed by atoms with Crippen LogP contribution in [-0.2, 0) is 4.74 Å². The minimum atomic E-state index is -0.522. The third-order valence-corrected chi connectivity index (χ3v) is 3.70. The lowest BCUT2D eigenvalue weighted by Crippen LogP contribution is -2.51. The summed E-state index contributed by atoms with van der Waals surface area (Å²) in [6.07, 6.45) is 5.83. The number of likely N-dealkylation sites (tertiary alicyclic amines) is 1. The van der Waals surface area contributed by atoms with Gasteiger partial charge in [0.25, 0.3) is 5.91 Å². The minimum Gasteiger partial charge on any atom is -0.444 e. The number of piperidine rings is 1. The van der Waals surface area contributed by atoms with Crippen LogP contribution in [0.5, 0.6) is 0 Å². The Morgan fingerprint density at radius 3 is 2.70 bits per heavy atom. The third kappa shape index (κ3) is 4.64. The van der Waals surface area contributed by atoms with Gasteiger partial charge >= 0.3 is 6.09 Å². The third-order valence-electron chi connectivity index (χ3n) is 3.70. The summed E-state index contributed by atoms with van der Waals surface area (Å²) in [4.78, 5) is 35.9. The Bertz CT molecular complexity index is 556. The van der Waals surface area contributed by atoms with Crippen LogP contribution in [-0.4, -0.2) is 63.5 Å². The number of ether oxygens (including phenoxy) is 1. The topological polar surface area (TPSA) is 75.6 Å². The van der Waals surface area contributed by atoms with E-state index in [1.165, 1.54) is 18.6 Å². The molecule has 0 spiro atoms. The lowest BCUT2D eigenvalue weighted by Gasteiger charge is -2.38. The molecule has 0 aliphatic carbocycles. The van der Waals surface area contributed by atoms with Crippen molar-refractivity contribution in [2.75, 3.05) is 20.1 Å². The van der Waals surface area contributed by atoms with Gasteiger partial charge in [0.2, 0.25) is 0 Å². The normalized spacial score (nSPS) is 18.4. The number of nitrogens with zero attached hydrogens (tertiary/aromatic N) is 4. The largest absolute Gasteiger partial charge is 0.444 e. The van der Waals surface area contributed by atoms with Crippen molar-refractivity contribution in [1.82, 2.24) is 19.8 Å². The number of hydrogen-bond donors (Lipinski definition) is 0. The summed E-state index contributed by atoms with van der Waals surface area (Å²) in [6.45, 7) is 6.65. The molecule has 0 N–H and O–H groups in total. The number of carbonyl (C=O) groups is 2. The molecule has 2 amide bonds. The molecule has 1 unspecified atom stereocenters.